The van der Waals surface area contributed by atoms with Crippen LogP contribution < -0.4 is 4.74 Å². The van der Waals surface area contributed by atoms with Gasteiger partial charge in [0.15, 0.2) is 17.4 Å². The molecule has 3 aliphatic heterocycles. The van der Waals surface area contributed by atoms with Crippen LogP contribution in [-0.2, 0) is 19.0 Å². The van der Waals surface area contributed by atoms with Gasteiger partial charge in [-0.3, -0.25) is 14.5 Å². The van der Waals surface area contributed by atoms with Crippen molar-refractivity contribution >= 4 is 17.7 Å². The van der Waals surface area contributed by atoms with Crippen LogP contribution in [0.15, 0.2) is 6.07 Å². The number of ether oxygens (including phenoxy) is 4. The van der Waals surface area contributed by atoms with E-state index in [0.717, 1.165) is 38.6 Å². The first-order valence-corrected chi connectivity index (χ1v) is 17.0. The monoisotopic (exact) mass is 626 g/mol. The molecule has 11 nitrogen and oxygen atoms in total. The topological polar surface area (TPSA) is 120 Å². The van der Waals surface area contributed by atoms with Crippen LogP contribution >= 0.6 is 0 Å². The van der Waals surface area contributed by atoms with E-state index >= 15 is 0 Å². The highest BCUT2D eigenvalue weighted by Crippen LogP contribution is 2.56. The Morgan fingerprint density at radius 1 is 1.00 bits per heavy atom. The fourth-order valence-corrected chi connectivity index (χ4v) is 8.43. The summed E-state index contributed by atoms with van der Waals surface area (Å²) in [6.45, 7) is 10.5. The van der Waals surface area contributed by atoms with Gasteiger partial charge < -0.3 is 23.8 Å². The molecule has 0 bridgehead atoms. The molecular weight excluding hydrogens is 576 g/mol. The number of amides is 1. The summed E-state index contributed by atoms with van der Waals surface area (Å²) in [5.41, 5.74) is -0.766. The van der Waals surface area contributed by atoms with E-state index in [1.807, 2.05) is 33.8 Å². The van der Waals surface area contributed by atoms with Crippen molar-refractivity contribution in [2.45, 2.75) is 121 Å². The van der Waals surface area contributed by atoms with Crippen LogP contribution in [0.2, 0.25) is 0 Å². The lowest BCUT2D eigenvalue weighted by Crippen LogP contribution is -2.60. The molecular formula is C34H50N4O7. The van der Waals surface area contributed by atoms with Crippen molar-refractivity contribution in [1.29, 1.82) is 0 Å². The molecule has 5 fully saturated rings. The SMILES string of the molecule is C[C@H](Oc1cc(C2CCN(C(=O)OC(C)(C)C)C2)nc(C(=O)C2CCC[C@@]3(CCCCC34OCCO4)C2=O)n1)[C@@H]1CCCN1C. The highest BCUT2D eigenvalue weighted by Gasteiger charge is 2.63. The minimum Gasteiger partial charge on any atom is -0.473 e. The van der Waals surface area contributed by atoms with E-state index < -0.39 is 22.7 Å². The number of likely N-dealkylation sites (tertiary alicyclic amines) is 2. The number of nitrogens with zero attached hydrogens (tertiary/aromatic N) is 4. The second-order valence-electron chi connectivity index (χ2n) is 14.8. The van der Waals surface area contributed by atoms with Gasteiger partial charge in [0.05, 0.1) is 30.2 Å². The van der Waals surface area contributed by atoms with Crippen molar-refractivity contribution in [2.24, 2.45) is 11.3 Å². The minimum absolute atomic E-state index is 0.0127. The van der Waals surface area contributed by atoms with Crippen LogP contribution in [-0.4, -0.2) is 101 Å². The quantitative estimate of drug-likeness (QED) is 0.318. The van der Waals surface area contributed by atoms with E-state index in [0.29, 0.717) is 70.0 Å². The fraction of sp³-hybridized carbons (Fsp3) is 0.794. The van der Waals surface area contributed by atoms with Gasteiger partial charge in [-0.2, -0.15) is 4.98 Å². The first kappa shape index (κ1) is 32.3. The van der Waals surface area contributed by atoms with E-state index in [4.69, 9.17) is 23.9 Å². The Kier molecular flexibility index (Phi) is 8.99. The van der Waals surface area contributed by atoms with Crippen molar-refractivity contribution in [1.82, 2.24) is 19.8 Å². The van der Waals surface area contributed by atoms with E-state index in [1.54, 1.807) is 4.90 Å². The molecule has 0 radical (unpaired) electrons. The molecule has 5 atom stereocenters. The number of hydrogen-bond donors (Lipinski definition) is 0. The summed E-state index contributed by atoms with van der Waals surface area (Å²) >= 11 is 0. The van der Waals surface area contributed by atoms with Crippen molar-refractivity contribution in [3.8, 4) is 5.88 Å². The highest BCUT2D eigenvalue weighted by atomic mass is 16.7. The molecule has 2 spiro atoms. The smallest absolute Gasteiger partial charge is 0.410 e. The second kappa shape index (κ2) is 12.5. The molecule has 2 saturated carbocycles. The number of carbonyl (C=O) groups excluding carboxylic acids is 3. The third-order valence-corrected chi connectivity index (χ3v) is 10.7. The molecule has 1 amide bonds. The van der Waals surface area contributed by atoms with Crippen LogP contribution in [0.4, 0.5) is 4.79 Å². The number of rotatable bonds is 6. The lowest BCUT2D eigenvalue weighted by Gasteiger charge is -2.51. The maximum absolute atomic E-state index is 14.4. The predicted octanol–water partition coefficient (Wildman–Crippen LogP) is 4.92. The number of likely N-dealkylation sites (N-methyl/N-ethyl adjacent to an activating group) is 1. The van der Waals surface area contributed by atoms with Gasteiger partial charge >= 0.3 is 6.09 Å². The van der Waals surface area contributed by atoms with Gasteiger partial charge in [0.25, 0.3) is 0 Å². The summed E-state index contributed by atoms with van der Waals surface area (Å²) in [5, 5.41) is 0. The number of carbonyl (C=O) groups is 3. The van der Waals surface area contributed by atoms with Crippen molar-refractivity contribution in [3.63, 3.8) is 0 Å². The number of ketones is 2. The molecule has 4 heterocycles. The van der Waals surface area contributed by atoms with Crippen LogP contribution in [0.3, 0.4) is 0 Å². The van der Waals surface area contributed by atoms with Crippen LogP contribution in [0.1, 0.15) is 114 Å². The zero-order chi connectivity index (χ0) is 32.0. The van der Waals surface area contributed by atoms with Crippen molar-refractivity contribution < 1.29 is 33.3 Å². The fourth-order valence-electron chi connectivity index (χ4n) is 8.43. The number of hydrogen-bond acceptors (Lipinski definition) is 10. The number of Topliss-reactive ketones (excluding diaryl/α,β-unsaturated/α-hetero) is 2. The molecule has 0 N–H and O–H groups in total. The third kappa shape index (κ3) is 6.24. The van der Waals surface area contributed by atoms with Gasteiger partial charge in [0.1, 0.15) is 11.7 Å². The Bertz CT molecular complexity index is 1290. The Morgan fingerprint density at radius 2 is 1.73 bits per heavy atom. The number of aromatic nitrogens is 2. The Hall–Kier alpha value is -2.63. The van der Waals surface area contributed by atoms with E-state index in [2.05, 4.69) is 16.9 Å². The first-order valence-electron chi connectivity index (χ1n) is 17.0. The van der Waals surface area contributed by atoms with Crippen molar-refractivity contribution in [2.75, 3.05) is 39.9 Å². The zero-order valence-corrected chi connectivity index (χ0v) is 27.6. The third-order valence-electron chi connectivity index (χ3n) is 10.7. The van der Waals surface area contributed by atoms with Crippen molar-refractivity contribution in [3.05, 3.63) is 17.6 Å². The summed E-state index contributed by atoms with van der Waals surface area (Å²) in [5.74, 6) is -2.01. The summed E-state index contributed by atoms with van der Waals surface area (Å²) < 4.78 is 24.4. The van der Waals surface area contributed by atoms with E-state index in [1.165, 1.54) is 0 Å². The molecule has 248 valence electrons. The maximum Gasteiger partial charge on any atom is 0.410 e. The normalized spacial score (nSPS) is 31.1. The maximum atomic E-state index is 14.4. The summed E-state index contributed by atoms with van der Waals surface area (Å²) in [4.78, 5) is 55.0. The highest BCUT2D eigenvalue weighted by molar-refractivity contribution is 6.11. The molecule has 45 heavy (non-hydrogen) atoms. The zero-order valence-electron chi connectivity index (χ0n) is 27.6. The van der Waals surface area contributed by atoms with Gasteiger partial charge in [-0.15, -0.1) is 0 Å². The second-order valence-corrected chi connectivity index (χ2v) is 14.8. The van der Waals surface area contributed by atoms with Gasteiger partial charge in [0.2, 0.25) is 11.7 Å². The largest absolute Gasteiger partial charge is 0.473 e. The van der Waals surface area contributed by atoms with Gasteiger partial charge in [0, 0.05) is 37.5 Å². The Labute approximate surface area is 266 Å². The molecule has 6 rings (SSSR count). The molecule has 3 saturated heterocycles. The standard InChI is InChI=1S/C34H50N4O7/c1-22(26-11-9-16-37(26)5)44-27-20-25(23-12-17-38(21-23)31(41)45-32(2,3)4)35-30(36-27)28(39)24-10-8-14-33(29(24)40)13-6-7-15-34(33)42-18-19-43-34/h20,22-24,26H,6-19,21H2,1-5H3/t22-,23?,24?,26-,33-/m0/s1. The minimum atomic E-state index is -0.935. The number of fused-ring (bicyclic) bond motifs is 1. The molecule has 2 unspecified atom stereocenters. The predicted molar refractivity (Wildman–Crippen MR) is 165 cm³/mol. The average molecular weight is 627 g/mol. The van der Waals surface area contributed by atoms with Gasteiger partial charge in [-0.25, -0.2) is 9.78 Å². The summed E-state index contributed by atoms with van der Waals surface area (Å²) in [6, 6.07) is 2.05. The molecule has 1 aromatic rings. The van der Waals surface area contributed by atoms with Gasteiger partial charge in [-0.05, 0) is 86.2 Å². The molecule has 2 aliphatic carbocycles. The molecule has 11 heteroatoms. The van der Waals surface area contributed by atoms with Gasteiger partial charge in [-0.1, -0.05) is 12.8 Å². The first-order chi connectivity index (χ1) is 21.4. The molecule has 0 aromatic carbocycles. The Balaban J connectivity index is 1.28. The van der Waals surface area contributed by atoms with E-state index in [9.17, 15) is 14.4 Å². The lowest BCUT2D eigenvalue weighted by molar-refractivity contribution is -0.255. The average Bonchev–Trinajstić information content (AvgIpc) is 3.77. The Morgan fingerprint density at radius 3 is 2.44 bits per heavy atom. The van der Waals surface area contributed by atoms with Crippen LogP contribution in [0, 0.1) is 11.3 Å². The van der Waals surface area contributed by atoms with Crippen LogP contribution in [0.25, 0.3) is 0 Å². The molecule has 5 aliphatic rings. The van der Waals surface area contributed by atoms with Crippen LogP contribution in [0.5, 0.6) is 5.88 Å². The summed E-state index contributed by atoms with van der Waals surface area (Å²) in [7, 11) is 2.10. The lowest BCUT2D eigenvalue weighted by atomic mass is 9.57. The molecule has 1 aromatic heterocycles. The summed E-state index contributed by atoms with van der Waals surface area (Å²) in [6.07, 6.45) is 7.35. The van der Waals surface area contributed by atoms with E-state index in [-0.39, 0.29) is 41.5 Å².